The number of alkyl halides is 3. The van der Waals surface area contributed by atoms with Crippen LogP contribution in [0, 0.1) is 0 Å². The molecule has 1 unspecified atom stereocenters. The second-order valence-corrected chi connectivity index (χ2v) is 5.13. The van der Waals surface area contributed by atoms with Crippen LogP contribution < -0.4 is 0 Å². The number of hydrogen-bond donors (Lipinski definition) is 1. The zero-order valence-corrected chi connectivity index (χ0v) is 11.1. The molecule has 108 valence electrons. The maximum Gasteiger partial charge on any atom is 0.435 e. The molecule has 0 aliphatic rings. The molecule has 2 heterocycles. The first kappa shape index (κ1) is 14.6. The molecule has 0 aliphatic carbocycles. The third-order valence-corrected chi connectivity index (χ3v) is 3.90. The average molecular weight is 305 g/mol. The third kappa shape index (κ3) is 2.87. The normalized spacial score (nSPS) is 13.6. The van der Waals surface area contributed by atoms with Crippen molar-refractivity contribution in [3.05, 3.63) is 24.2 Å². The highest BCUT2D eigenvalue weighted by Gasteiger charge is 2.34. The summed E-state index contributed by atoms with van der Waals surface area (Å²) in [6.07, 6.45) is -1.64. The Hall–Kier alpha value is -1.77. The van der Waals surface area contributed by atoms with Crippen LogP contribution in [-0.2, 0) is 11.0 Å². The van der Waals surface area contributed by atoms with Crippen LogP contribution in [0.3, 0.4) is 0 Å². The SMILES string of the molecule is CCC(Sc1nccn2nc(C(F)(F)F)cc12)C(=O)O. The molecule has 0 radical (unpaired) electrons. The topological polar surface area (TPSA) is 67.5 Å². The minimum absolute atomic E-state index is 0.143. The summed E-state index contributed by atoms with van der Waals surface area (Å²) in [6, 6.07) is 0.865. The summed E-state index contributed by atoms with van der Waals surface area (Å²) in [5.74, 6) is -1.03. The lowest BCUT2D eigenvalue weighted by molar-refractivity contribution is -0.141. The van der Waals surface area contributed by atoms with E-state index in [2.05, 4.69) is 10.1 Å². The average Bonchev–Trinajstić information content (AvgIpc) is 2.79. The van der Waals surface area contributed by atoms with Gasteiger partial charge in [0.05, 0.1) is 5.52 Å². The third-order valence-electron chi connectivity index (χ3n) is 2.55. The Labute approximate surface area is 115 Å². The number of thioether (sulfide) groups is 1. The maximum atomic E-state index is 12.6. The van der Waals surface area contributed by atoms with E-state index in [-0.39, 0.29) is 10.5 Å². The number of carboxylic acids is 1. The number of carboxylic acid groups (broad SMARTS) is 1. The molecule has 0 bridgehead atoms. The van der Waals surface area contributed by atoms with Crippen LogP contribution in [-0.4, -0.2) is 30.9 Å². The molecule has 0 saturated heterocycles. The van der Waals surface area contributed by atoms with Crippen molar-refractivity contribution < 1.29 is 23.1 Å². The van der Waals surface area contributed by atoms with Crippen LogP contribution in [0.15, 0.2) is 23.5 Å². The number of hydrogen-bond acceptors (Lipinski definition) is 4. The second-order valence-electron chi connectivity index (χ2n) is 3.94. The van der Waals surface area contributed by atoms with Gasteiger partial charge in [0, 0.05) is 12.4 Å². The van der Waals surface area contributed by atoms with E-state index in [9.17, 15) is 18.0 Å². The number of carbonyl (C=O) groups is 1. The van der Waals surface area contributed by atoms with Crippen molar-refractivity contribution >= 4 is 23.2 Å². The summed E-state index contributed by atoms with van der Waals surface area (Å²) in [7, 11) is 0. The molecule has 0 amide bonds. The summed E-state index contributed by atoms with van der Waals surface area (Å²) >= 11 is 0.911. The summed E-state index contributed by atoms with van der Waals surface area (Å²) in [6.45, 7) is 1.68. The van der Waals surface area contributed by atoms with Gasteiger partial charge in [0.1, 0.15) is 10.3 Å². The molecule has 9 heteroatoms. The fourth-order valence-corrected chi connectivity index (χ4v) is 2.50. The zero-order chi connectivity index (χ0) is 14.9. The van der Waals surface area contributed by atoms with Gasteiger partial charge in [-0.2, -0.15) is 18.3 Å². The standard InChI is InChI=1S/C11H10F3N3O2S/c1-2-7(10(18)19)20-9-6-5-8(11(12,13)14)16-17(6)4-3-15-9/h3-5,7H,2H2,1H3,(H,18,19). The van der Waals surface area contributed by atoms with Crippen molar-refractivity contribution in [1.82, 2.24) is 14.6 Å². The lowest BCUT2D eigenvalue weighted by Crippen LogP contribution is -2.15. The summed E-state index contributed by atoms with van der Waals surface area (Å²) in [5.41, 5.74) is -0.889. The summed E-state index contributed by atoms with van der Waals surface area (Å²) in [5, 5.41) is 11.9. The van der Waals surface area contributed by atoms with Gasteiger partial charge in [0.25, 0.3) is 0 Å². The predicted molar refractivity (Wildman–Crippen MR) is 65.6 cm³/mol. The highest BCUT2D eigenvalue weighted by atomic mass is 32.2. The van der Waals surface area contributed by atoms with E-state index in [1.807, 2.05) is 0 Å². The van der Waals surface area contributed by atoms with Crippen molar-refractivity contribution in [2.45, 2.75) is 29.8 Å². The van der Waals surface area contributed by atoms with Crippen molar-refractivity contribution in [3.8, 4) is 0 Å². The quantitative estimate of drug-likeness (QED) is 0.880. The van der Waals surface area contributed by atoms with Gasteiger partial charge in [-0.15, -0.1) is 0 Å². The molecule has 0 aliphatic heterocycles. The molecule has 0 spiro atoms. The largest absolute Gasteiger partial charge is 0.480 e. The number of halogens is 3. The van der Waals surface area contributed by atoms with Crippen LogP contribution in [0.2, 0.25) is 0 Å². The number of aliphatic carboxylic acids is 1. The van der Waals surface area contributed by atoms with Crippen molar-refractivity contribution in [1.29, 1.82) is 0 Å². The highest BCUT2D eigenvalue weighted by molar-refractivity contribution is 8.00. The van der Waals surface area contributed by atoms with Gasteiger partial charge in [-0.05, 0) is 12.5 Å². The minimum Gasteiger partial charge on any atom is -0.480 e. The molecule has 0 fully saturated rings. The van der Waals surface area contributed by atoms with Crippen LogP contribution in [0.5, 0.6) is 0 Å². The molecule has 2 aromatic rings. The fourth-order valence-electron chi connectivity index (χ4n) is 1.57. The molecular formula is C11H10F3N3O2S. The Morgan fingerprint density at radius 3 is 2.80 bits per heavy atom. The summed E-state index contributed by atoms with van der Waals surface area (Å²) < 4.78 is 38.9. The molecule has 1 atom stereocenters. The first-order valence-corrected chi connectivity index (χ1v) is 6.52. The molecule has 0 aromatic carbocycles. The lowest BCUT2D eigenvalue weighted by Gasteiger charge is -2.08. The van der Waals surface area contributed by atoms with Crippen LogP contribution in [0.25, 0.3) is 5.52 Å². The van der Waals surface area contributed by atoms with Crippen LogP contribution in [0.1, 0.15) is 19.0 Å². The van der Waals surface area contributed by atoms with E-state index in [0.717, 1.165) is 22.3 Å². The monoisotopic (exact) mass is 305 g/mol. The molecule has 0 saturated carbocycles. The van der Waals surface area contributed by atoms with Gasteiger partial charge in [-0.3, -0.25) is 4.79 Å². The Balaban J connectivity index is 2.44. The van der Waals surface area contributed by atoms with Crippen LogP contribution in [0.4, 0.5) is 13.2 Å². The van der Waals surface area contributed by atoms with Gasteiger partial charge in [-0.1, -0.05) is 18.7 Å². The Morgan fingerprint density at radius 1 is 1.55 bits per heavy atom. The zero-order valence-electron chi connectivity index (χ0n) is 10.3. The van der Waals surface area contributed by atoms with Gasteiger partial charge >= 0.3 is 12.1 Å². The molecular weight excluding hydrogens is 295 g/mol. The van der Waals surface area contributed by atoms with E-state index in [1.54, 1.807) is 6.92 Å². The van der Waals surface area contributed by atoms with Crippen LogP contribution >= 0.6 is 11.8 Å². The molecule has 5 nitrogen and oxygen atoms in total. The van der Waals surface area contributed by atoms with E-state index in [0.29, 0.717) is 6.42 Å². The number of fused-ring (bicyclic) bond motifs is 1. The van der Waals surface area contributed by atoms with Gasteiger partial charge in [-0.25, -0.2) is 9.50 Å². The number of aromatic nitrogens is 3. The van der Waals surface area contributed by atoms with Gasteiger partial charge in [0.15, 0.2) is 5.69 Å². The van der Waals surface area contributed by atoms with E-state index in [1.165, 1.54) is 12.4 Å². The minimum atomic E-state index is -4.55. The molecule has 20 heavy (non-hydrogen) atoms. The maximum absolute atomic E-state index is 12.6. The molecule has 1 N–H and O–H groups in total. The fraction of sp³-hybridized carbons (Fsp3) is 0.364. The molecule has 2 aromatic heterocycles. The van der Waals surface area contributed by atoms with E-state index >= 15 is 0 Å². The van der Waals surface area contributed by atoms with Crippen molar-refractivity contribution in [3.63, 3.8) is 0 Å². The second kappa shape index (κ2) is 5.31. The Morgan fingerprint density at radius 2 is 2.25 bits per heavy atom. The first-order valence-electron chi connectivity index (χ1n) is 5.64. The molecule has 2 rings (SSSR count). The van der Waals surface area contributed by atoms with E-state index in [4.69, 9.17) is 5.11 Å². The lowest BCUT2D eigenvalue weighted by atomic mass is 10.3. The number of nitrogens with zero attached hydrogens (tertiary/aromatic N) is 3. The van der Waals surface area contributed by atoms with Gasteiger partial charge in [0.2, 0.25) is 0 Å². The van der Waals surface area contributed by atoms with E-state index < -0.39 is 23.1 Å². The van der Waals surface area contributed by atoms with Crippen molar-refractivity contribution in [2.75, 3.05) is 0 Å². The summed E-state index contributed by atoms with van der Waals surface area (Å²) in [4.78, 5) is 14.9. The Bertz CT molecular complexity index is 641. The van der Waals surface area contributed by atoms with Gasteiger partial charge < -0.3 is 5.11 Å². The first-order chi connectivity index (χ1) is 9.32. The smallest absolute Gasteiger partial charge is 0.435 e. The Kier molecular flexibility index (Phi) is 3.89. The number of rotatable bonds is 4. The highest BCUT2D eigenvalue weighted by Crippen LogP contribution is 2.32. The predicted octanol–water partition coefficient (Wildman–Crippen LogP) is 2.70. The van der Waals surface area contributed by atoms with Crippen molar-refractivity contribution in [2.24, 2.45) is 0 Å².